The Bertz CT molecular complexity index is 277. The summed E-state index contributed by atoms with van der Waals surface area (Å²) in [4.78, 5) is 0. The van der Waals surface area contributed by atoms with Crippen LogP contribution in [0.25, 0.3) is 0 Å². The van der Waals surface area contributed by atoms with E-state index >= 15 is 0 Å². The second kappa shape index (κ2) is 7.92. The molecule has 0 bridgehead atoms. The van der Waals surface area contributed by atoms with Gasteiger partial charge in [-0.3, -0.25) is 0 Å². The first-order chi connectivity index (χ1) is 10.4. The molecule has 3 aliphatic rings. The second-order valence-corrected chi connectivity index (χ2v) is 11.1. The van der Waals surface area contributed by atoms with Crippen LogP contribution in [0.3, 0.4) is 0 Å². The Hall–Kier alpha value is 0.599. The Balaban J connectivity index is 1.87. The van der Waals surface area contributed by atoms with Crippen LogP contribution in [0.5, 0.6) is 0 Å². The van der Waals surface area contributed by atoms with Crippen molar-refractivity contribution < 1.29 is 3.08 Å². The average molecular weight is 396 g/mol. The predicted molar refractivity (Wildman–Crippen MR) is 88.9 cm³/mol. The van der Waals surface area contributed by atoms with Crippen molar-refractivity contribution >= 4 is 21.1 Å². The van der Waals surface area contributed by atoms with Crippen molar-refractivity contribution in [1.82, 2.24) is 0 Å². The molecule has 21 heavy (non-hydrogen) atoms. The van der Waals surface area contributed by atoms with E-state index in [1.165, 1.54) is 96.3 Å². The summed E-state index contributed by atoms with van der Waals surface area (Å²) in [6.45, 7) is 0. The Kier molecular flexibility index (Phi) is 6.21. The van der Waals surface area contributed by atoms with Gasteiger partial charge in [-0.25, -0.2) is 0 Å². The van der Waals surface area contributed by atoms with Crippen molar-refractivity contribution in [2.75, 3.05) is 0 Å². The Labute approximate surface area is 141 Å². The Morgan fingerprint density at radius 3 is 1.05 bits per heavy atom. The van der Waals surface area contributed by atoms with Gasteiger partial charge in [0.2, 0.25) is 0 Å². The van der Waals surface area contributed by atoms with Crippen molar-refractivity contribution in [1.29, 1.82) is 0 Å². The van der Waals surface area contributed by atoms with Gasteiger partial charge < -0.3 is 0 Å². The zero-order chi connectivity index (χ0) is 14.5. The molecule has 1 nitrogen and oxygen atoms in total. The van der Waals surface area contributed by atoms with Crippen molar-refractivity contribution in [3.05, 3.63) is 0 Å². The molecule has 0 heterocycles. The average Bonchev–Trinajstić information content (AvgIpc) is 2.59. The summed E-state index contributed by atoms with van der Waals surface area (Å²) in [5.74, 6) is 2.55. The molecular weight excluding hydrogens is 363 g/mol. The summed E-state index contributed by atoms with van der Waals surface area (Å²) in [7, 11) is 0. The molecule has 0 aliphatic heterocycles. The zero-order valence-corrected chi connectivity index (χ0v) is 16.6. The van der Waals surface area contributed by atoms with Gasteiger partial charge in [-0.1, -0.05) is 0 Å². The third-order valence-corrected chi connectivity index (χ3v) is 11.5. The maximum absolute atomic E-state index is 12.8. The molecule has 0 aromatic heterocycles. The molecule has 0 N–H and O–H groups in total. The van der Waals surface area contributed by atoms with E-state index in [2.05, 4.69) is 0 Å². The molecule has 0 amide bonds. The normalized spacial score (nSPS) is 27.6. The van der Waals surface area contributed by atoms with E-state index in [9.17, 15) is 3.08 Å². The first-order valence-corrected chi connectivity index (χ1v) is 12.4. The van der Waals surface area contributed by atoms with E-state index in [4.69, 9.17) is 0 Å². The van der Waals surface area contributed by atoms with Gasteiger partial charge in [-0.15, -0.1) is 0 Å². The summed E-state index contributed by atoms with van der Waals surface area (Å²) < 4.78 is 13.2. The van der Waals surface area contributed by atoms with E-state index in [1.807, 2.05) is 0 Å². The predicted octanol–water partition coefficient (Wildman–Crippen LogP) is 5.94. The van der Waals surface area contributed by atoms with Crippen LogP contribution < -0.4 is 0 Å². The summed E-state index contributed by atoms with van der Waals surface area (Å²) in [6, 6.07) is 0. The Morgan fingerprint density at radius 1 is 0.524 bits per heavy atom. The molecule has 3 fully saturated rings. The molecule has 2 heteroatoms. The van der Waals surface area contributed by atoms with E-state index in [0.29, 0.717) is 3.43 Å². The van der Waals surface area contributed by atoms with Crippen LogP contribution in [0.1, 0.15) is 96.3 Å². The fraction of sp³-hybridized carbons (Fsp3) is 1.00. The third kappa shape index (κ3) is 3.43. The minimum absolute atomic E-state index is 0.366. The standard InChI is InChI=1S/C19H33.O.Sn/c1-4-10-16(11-5-1)19(17-12-6-2-7-13-17)18-14-8-3-9-15-18;;/h16-18H,1-15H2;;. The molecule has 0 spiro atoms. The van der Waals surface area contributed by atoms with Gasteiger partial charge in [-0.2, -0.15) is 0 Å². The summed E-state index contributed by atoms with van der Waals surface area (Å²) in [5.41, 5.74) is 0. The van der Waals surface area contributed by atoms with Crippen molar-refractivity contribution in [2.24, 2.45) is 17.8 Å². The van der Waals surface area contributed by atoms with Crippen molar-refractivity contribution in [2.45, 2.75) is 99.7 Å². The van der Waals surface area contributed by atoms with Gasteiger partial charge in [0.1, 0.15) is 0 Å². The van der Waals surface area contributed by atoms with Crippen LogP contribution in [-0.4, -0.2) is 21.1 Å². The van der Waals surface area contributed by atoms with Crippen molar-refractivity contribution in [3.8, 4) is 0 Å². The number of hydrogen-bond donors (Lipinski definition) is 0. The molecule has 119 valence electrons. The fourth-order valence-electron chi connectivity index (χ4n) is 5.99. The van der Waals surface area contributed by atoms with Gasteiger partial charge >= 0.3 is 142 Å². The minimum atomic E-state index is -1.48. The molecule has 3 rings (SSSR count). The van der Waals surface area contributed by atoms with E-state index < -0.39 is 21.1 Å². The van der Waals surface area contributed by atoms with Crippen LogP contribution >= 0.6 is 0 Å². The third-order valence-electron chi connectivity index (χ3n) is 7.02. The molecule has 0 atom stereocenters. The molecule has 3 saturated carbocycles. The van der Waals surface area contributed by atoms with Crippen LogP contribution in [0.4, 0.5) is 0 Å². The topological polar surface area (TPSA) is 17.1 Å². The molecule has 0 aromatic carbocycles. The van der Waals surface area contributed by atoms with Crippen LogP contribution in [0.15, 0.2) is 0 Å². The van der Waals surface area contributed by atoms with Crippen molar-refractivity contribution in [3.63, 3.8) is 0 Å². The Morgan fingerprint density at radius 2 is 0.810 bits per heavy atom. The number of rotatable bonds is 4. The molecule has 0 saturated heterocycles. The fourth-order valence-corrected chi connectivity index (χ4v) is 9.89. The summed E-state index contributed by atoms with van der Waals surface area (Å²) >= 11 is -1.48. The summed E-state index contributed by atoms with van der Waals surface area (Å²) in [6.07, 6.45) is 21.3. The van der Waals surface area contributed by atoms with Gasteiger partial charge in [0.15, 0.2) is 0 Å². The summed E-state index contributed by atoms with van der Waals surface area (Å²) in [5, 5.41) is 0. The van der Waals surface area contributed by atoms with Gasteiger partial charge in [0, 0.05) is 0 Å². The quantitative estimate of drug-likeness (QED) is 0.538. The number of hydrogen-bond acceptors (Lipinski definition) is 1. The van der Waals surface area contributed by atoms with Gasteiger partial charge in [-0.05, 0) is 0 Å². The molecule has 1 radical (unpaired) electrons. The maximum atomic E-state index is 12.8. The van der Waals surface area contributed by atoms with Gasteiger partial charge in [0.25, 0.3) is 0 Å². The molecule has 3 aliphatic carbocycles. The van der Waals surface area contributed by atoms with Crippen LogP contribution in [0.2, 0.25) is 3.43 Å². The first-order valence-electron chi connectivity index (χ1n) is 9.77. The second-order valence-electron chi connectivity index (χ2n) is 8.04. The van der Waals surface area contributed by atoms with Crippen LogP contribution in [-0.2, 0) is 3.08 Å². The van der Waals surface area contributed by atoms with Crippen LogP contribution in [0, 0.1) is 17.8 Å². The zero-order valence-electron chi connectivity index (χ0n) is 13.7. The van der Waals surface area contributed by atoms with E-state index in [-0.39, 0.29) is 0 Å². The molecule has 0 aromatic rings. The van der Waals surface area contributed by atoms with E-state index in [1.54, 1.807) is 0 Å². The molecule has 0 unspecified atom stereocenters. The van der Waals surface area contributed by atoms with Gasteiger partial charge in [0.05, 0.1) is 0 Å². The monoisotopic (exact) mass is 397 g/mol. The van der Waals surface area contributed by atoms with E-state index in [0.717, 1.165) is 17.8 Å². The SMILES string of the molecule is [O]=[Sn][C](C1CCCCC1)(C1CCCCC1)C1CCCCC1. The first kappa shape index (κ1) is 16.5. The molecular formula is C19H33OSn.